The van der Waals surface area contributed by atoms with E-state index in [1.54, 1.807) is 19.4 Å². The standard InChI is InChI=1S/C58H88O11S/c1-31(36-15-17-38-34-14-19-45-51(5,6)58(62)46(60)29-57(45,30-66-58)41(34)22-24-53(36,38)9)13-20-47-56(12)27-33(52(7,8)69-56)25-43(67-47)32(2)37-16-18-39-35-26-44(68-70(63,64)65)48-50(3,4)49(61)42(59)28-55(48,11)40(35)21-23-54(37,39)10/h19,31-33,36-39,42-44,46-48,59-60,62H,13-18,20-30H2,1-12H3,(H,63,64,65)/t31-,32?,33-,36-,37-,38?,39?,42+,43-,44+,46+,47+,48?,53-,54-,55-,56-,57+,58-/m1/s1. The predicted molar refractivity (Wildman–Crippen MR) is 266 cm³/mol. The van der Waals surface area contributed by atoms with Gasteiger partial charge in [-0.2, -0.15) is 8.42 Å². The van der Waals surface area contributed by atoms with Crippen molar-refractivity contribution in [2.75, 3.05) is 6.61 Å². The molecule has 12 aliphatic rings. The lowest BCUT2D eigenvalue weighted by atomic mass is 9.45. The maximum Gasteiger partial charge on any atom is 0.397 e. The molecule has 1 spiro atoms. The van der Waals surface area contributed by atoms with Gasteiger partial charge in [0.2, 0.25) is 5.79 Å². The Morgan fingerprint density at radius 1 is 0.843 bits per heavy atom. The van der Waals surface area contributed by atoms with Crippen LogP contribution in [0.2, 0.25) is 0 Å². The van der Waals surface area contributed by atoms with E-state index in [9.17, 15) is 33.1 Å². The number of Topliss-reactive ketones (excluding diaryl/α,β-unsaturated/α-hetero) is 1. The molecular weight excluding hydrogens is 905 g/mol. The van der Waals surface area contributed by atoms with Crippen molar-refractivity contribution in [1.29, 1.82) is 0 Å². The van der Waals surface area contributed by atoms with Crippen LogP contribution in [0.1, 0.15) is 186 Å². The van der Waals surface area contributed by atoms with Crippen LogP contribution >= 0.6 is 0 Å². The molecule has 4 saturated heterocycles. The highest BCUT2D eigenvalue weighted by atomic mass is 32.3. The molecule has 12 rings (SSSR count). The zero-order chi connectivity index (χ0) is 50.5. The van der Waals surface area contributed by atoms with E-state index in [2.05, 4.69) is 75.3 Å². The number of allylic oxidation sites excluding steroid dienone is 3. The second-order valence-corrected chi connectivity index (χ2v) is 29.5. The van der Waals surface area contributed by atoms with Crippen LogP contribution in [0.25, 0.3) is 0 Å². The summed E-state index contributed by atoms with van der Waals surface area (Å²) in [5.41, 5.74) is 3.76. The number of hydrogen-bond donors (Lipinski definition) is 4. The second-order valence-electron chi connectivity index (χ2n) is 28.4. The lowest BCUT2D eigenvalue weighted by Crippen LogP contribution is -2.70. The summed E-state index contributed by atoms with van der Waals surface area (Å²) in [6, 6.07) is 0. The SMILES string of the molecule is CC([C@H]1CCC2C3=C(CC[C@@]21C)[C@@]1(C)C[C@H](O)C(=O)C(C)(C)C1[C@@H](OS(=O)(=O)O)C3)[C@H]1C[C@@H]2C[C@@](C)(OC2(C)C)[C@H](CC[C@@H](C)[C@H]2CCC3C4=C(CC[C@@]32C)[C@@]23CO[C@](O)([C@@H](O)C2)C(C)(C)C3=CC4)O1. The minimum Gasteiger partial charge on any atom is -0.387 e. The summed E-state index contributed by atoms with van der Waals surface area (Å²) in [5, 5.41) is 34.2. The van der Waals surface area contributed by atoms with Gasteiger partial charge in [0.1, 0.15) is 12.2 Å². The fraction of sp³-hybridized carbons (Fsp3) is 0.879. The van der Waals surface area contributed by atoms with E-state index in [4.69, 9.17) is 18.4 Å². The first-order chi connectivity index (χ1) is 32.4. The van der Waals surface area contributed by atoms with Gasteiger partial charge in [0, 0.05) is 22.2 Å². The van der Waals surface area contributed by atoms with Gasteiger partial charge in [-0.3, -0.25) is 9.35 Å². The summed E-state index contributed by atoms with van der Waals surface area (Å²) >= 11 is 0. The molecule has 0 aromatic heterocycles. The van der Waals surface area contributed by atoms with E-state index in [1.807, 2.05) is 0 Å². The summed E-state index contributed by atoms with van der Waals surface area (Å²) in [7, 11) is -4.81. The fourth-order valence-electron chi connectivity index (χ4n) is 21.0. The Hall–Kier alpha value is -1.48. The maximum atomic E-state index is 13.5. The molecule has 4 unspecified atom stereocenters. The van der Waals surface area contributed by atoms with Gasteiger partial charge in [0.25, 0.3) is 0 Å². The molecular formula is C58H88O11S. The minimum absolute atomic E-state index is 0.0325. The van der Waals surface area contributed by atoms with Crippen LogP contribution < -0.4 is 0 Å². The predicted octanol–water partition coefficient (Wildman–Crippen LogP) is 10.4. The number of carbonyl (C=O) groups is 1. The van der Waals surface area contributed by atoms with Crippen molar-refractivity contribution in [3.63, 3.8) is 0 Å². The van der Waals surface area contributed by atoms with Crippen LogP contribution in [0.4, 0.5) is 0 Å². The number of aliphatic hydroxyl groups is 3. The second kappa shape index (κ2) is 15.8. The van der Waals surface area contributed by atoms with Crippen molar-refractivity contribution in [3.8, 4) is 0 Å². The molecule has 4 bridgehead atoms. The first-order valence-electron chi connectivity index (χ1n) is 27.8. The molecule has 11 nitrogen and oxygen atoms in total. The summed E-state index contributed by atoms with van der Waals surface area (Å²) in [6.07, 6.45) is 14.0. The summed E-state index contributed by atoms with van der Waals surface area (Å²) < 4.78 is 61.6. The molecule has 0 aromatic carbocycles. The molecule has 392 valence electrons. The molecule has 0 radical (unpaired) electrons. The summed E-state index contributed by atoms with van der Waals surface area (Å²) in [5.74, 6) is 0.535. The van der Waals surface area contributed by atoms with Gasteiger partial charge in [-0.05, 0) is 181 Å². The third-order valence-electron chi connectivity index (χ3n) is 24.2. The third kappa shape index (κ3) is 6.83. The van der Waals surface area contributed by atoms with Crippen molar-refractivity contribution in [2.45, 2.75) is 233 Å². The number of ether oxygens (including phenoxy) is 3. The number of fused-ring (bicyclic) bond motifs is 10. The lowest BCUT2D eigenvalue weighted by molar-refractivity contribution is -0.359. The zero-order valence-corrected chi connectivity index (χ0v) is 45.5. The van der Waals surface area contributed by atoms with Gasteiger partial charge < -0.3 is 29.5 Å². The molecule has 4 heterocycles. The van der Waals surface area contributed by atoms with E-state index in [0.717, 1.165) is 70.6 Å². The highest BCUT2D eigenvalue weighted by Gasteiger charge is 2.70. The van der Waals surface area contributed by atoms with Gasteiger partial charge in [0.05, 0.1) is 36.1 Å². The first kappa shape index (κ1) is 50.7. The van der Waals surface area contributed by atoms with Gasteiger partial charge in [-0.15, -0.1) is 0 Å². The van der Waals surface area contributed by atoms with E-state index in [-0.39, 0.29) is 63.7 Å². The maximum absolute atomic E-state index is 13.5. The molecule has 4 aliphatic heterocycles. The van der Waals surface area contributed by atoms with E-state index >= 15 is 0 Å². The first-order valence-corrected chi connectivity index (χ1v) is 29.2. The monoisotopic (exact) mass is 993 g/mol. The van der Waals surface area contributed by atoms with Crippen LogP contribution in [0, 0.1) is 79.8 Å². The van der Waals surface area contributed by atoms with Gasteiger partial charge in [-0.1, -0.05) is 96.3 Å². The van der Waals surface area contributed by atoms with Crippen LogP contribution in [-0.4, -0.2) is 88.2 Å². The Morgan fingerprint density at radius 2 is 1.49 bits per heavy atom. The van der Waals surface area contributed by atoms with Gasteiger partial charge in [-0.25, -0.2) is 4.18 Å². The van der Waals surface area contributed by atoms with Crippen LogP contribution in [0.15, 0.2) is 33.9 Å². The van der Waals surface area contributed by atoms with Crippen molar-refractivity contribution in [3.05, 3.63) is 33.9 Å². The molecule has 12 heteroatoms. The number of hydrogen-bond acceptors (Lipinski definition) is 10. The average molecular weight is 993 g/mol. The third-order valence-corrected chi connectivity index (χ3v) is 24.7. The Kier molecular flexibility index (Phi) is 11.4. The molecule has 8 fully saturated rings. The highest BCUT2D eigenvalue weighted by Crippen LogP contribution is 2.72. The fourth-order valence-corrected chi connectivity index (χ4v) is 21.5. The number of rotatable bonds is 8. The van der Waals surface area contributed by atoms with Crippen LogP contribution in [-0.2, 0) is 33.6 Å². The van der Waals surface area contributed by atoms with E-state index < -0.39 is 56.7 Å². The lowest BCUT2D eigenvalue weighted by Gasteiger charge is -2.65. The molecule has 4 saturated carbocycles. The van der Waals surface area contributed by atoms with Crippen LogP contribution in [0.5, 0.6) is 0 Å². The van der Waals surface area contributed by atoms with E-state index in [1.165, 1.54) is 35.1 Å². The van der Waals surface area contributed by atoms with Crippen molar-refractivity contribution in [2.24, 2.45) is 79.8 Å². The van der Waals surface area contributed by atoms with Crippen molar-refractivity contribution in [1.82, 2.24) is 0 Å². The molecule has 70 heavy (non-hydrogen) atoms. The Bertz CT molecular complexity index is 2420. The molecule has 0 amide bonds. The molecule has 19 atom stereocenters. The highest BCUT2D eigenvalue weighted by molar-refractivity contribution is 7.80. The Labute approximate surface area is 419 Å². The Balaban J connectivity index is 0.823. The summed E-state index contributed by atoms with van der Waals surface area (Å²) in [4.78, 5) is 13.5. The zero-order valence-electron chi connectivity index (χ0n) is 44.7. The van der Waals surface area contributed by atoms with Gasteiger partial charge >= 0.3 is 10.4 Å². The Morgan fingerprint density at radius 3 is 2.16 bits per heavy atom. The van der Waals surface area contributed by atoms with E-state index in [0.29, 0.717) is 49.0 Å². The molecule has 8 aliphatic carbocycles. The van der Waals surface area contributed by atoms with Crippen molar-refractivity contribution >= 4 is 16.2 Å². The van der Waals surface area contributed by atoms with Crippen molar-refractivity contribution < 1.29 is 51.5 Å². The normalized spacial score (nSPS) is 50.5. The summed E-state index contributed by atoms with van der Waals surface area (Å²) in [6.45, 7) is 27.2. The molecule has 0 aromatic rings. The van der Waals surface area contributed by atoms with Gasteiger partial charge in [0.15, 0.2) is 5.78 Å². The smallest absolute Gasteiger partial charge is 0.387 e. The molecule has 4 N–H and O–H groups in total. The number of aliphatic hydroxyl groups excluding tert-OH is 2. The average Bonchev–Trinajstić information content (AvgIpc) is 3.83. The number of ketones is 1. The topological polar surface area (TPSA) is 169 Å². The number of carbonyl (C=O) groups excluding carboxylic acids is 1. The largest absolute Gasteiger partial charge is 0.397 e. The minimum atomic E-state index is -4.81. The van der Waals surface area contributed by atoms with Crippen LogP contribution in [0.3, 0.4) is 0 Å². The quantitative estimate of drug-likeness (QED) is 0.135.